The van der Waals surface area contributed by atoms with Crippen molar-refractivity contribution in [1.82, 2.24) is 4.98 Å². The molecule has 66 valence electrons. The number of anilines is 1. The van der Waals surface area contributed by atoms with Crippen LogP contribution in [0.15, 0.2) is 16.5 Å². The minimum Gasteiger partial charge on any atom is -0.434 e. The molecule has 0 unspecified atom stereocenters. The van der Waals surface area contributed by atoms with Crippen molar-refractivity contribution < 1.29 is 9.21 Å². The van der Waals surface area contributed by atoms with Crippen LogP contribution in [0.2, 0.25) is 0 Å². The average molecular weight is 176 g/mol. The van der Waals surface area contributed by atoms with Gasteiger partial charge in [0.2, 0.25) is 6.29 Å². The second-order valence-electron chi connectivity index (χ2n) is 2.85. The Bertz CT molecular complexity index is 435. The molecule has 0 bridgehead atoms. The van der Waals surface area contributed by atoms with E-state index in [2.05, 4.69) is 4.98 Å². The molecule has 0 fully saturated rings. The van der Waals surface area contributed by atoms with Crippen LogP contribution in [0.1, 0.15) is 16.2 Å². The SMILES string of the molecule is Cc1cc2nc(C=O)oc2cc1N. The van der Waals surface area contributed by atoms with E-state index in [1.54, 1.807) is 12.1 Å². The fraction of sp³-hybridized carbons (Fsp3) is 0.111. The first kappa shape index (κ1) is 7.79. The summed E-state index contributed by atoms with van der Waals surface area (Å²) in [5, 5.41) is 0. The Hall–Kier alpha value is -1.84. The molecule has 13 heavy (non-hydrogen) atoms. The molecule has 2 rings (SSSR count). The van der Waals surface area contributed by atoms with Crippen molar-refractivity contribution >= 4 is 23.1 Å². The molecule has 0 radical (unpaired) electrons. The molecule has 1 heterocycles. The van der Waals surface area contributed by atoms with Crippen LogP contribution in [0.25, 0.3) is 11.1 Å². The van der Waals surface area contributed by atoms with Crippen LogP contribution in [-0.2, 0) is 0 Å². The normalized spacial score (nSPS) is 10.5. The maximum atomic E-state index is 10.4. The van der Waals surface area contributed by atoms with E-state index in [9.17, 15) is 4.79 Å². The summed E-state index contributed by atoms with van der Waals surface area (Å²) in [6.45, 7) is 1.88. The Morgan fingerprint density at radius 1 is 1.54 bits per heavy atom. The molecule has 0 saturated carbocycles. The van der Waals surface area contributed by atoms with E-state index in [4.69, 9.17) is 10.2 Å². The van der Waals surface area contributed by atoms with Gasteiger partial charge in [0.1, 0.15) is 5.52 Å². The van der Waals surface area contributed by atoms with Crippen LogP contribution in [0.4, 0.5) is 5.69 Å². The van der Waals surface area contributed by atoms with Crippen molar-refractivity contribution in [2.45, 2.75) is 6.92 Å². The fourth-order valence-corrected chi connectivity index (χ4v) is 1.16. The number of hydrogen-bond acceptors (Lipinski definition) is 4. The number of aryl methyl sites for hydroxylation is 1. The van der Waals surface area contributed by atoms with Gasteiger partial charge in [-0.05, 0) is 18.6 Å². The second-order valence-corrected chi connectivity index (χ2v) is 2.85. The van der Waals surface area contributed by atoms with E-state index in [1.807, 2.05) is 6.92 Å². The molecule has 4 nitrogen and oxygen atoms in total. The minimum absolute atomic E-state index is 0.0833. The third kappa shape index (κ3) is 1.16. The van der Waals surface area contributed by atoms with Gasteiger partial charge in [0, 0.05) is 11.8 Å². The number of nitrogens with zero attached hydrogens (tertiary/aromatic N) is 1. The number of aromatic nitrogens is 1. The van der Waals surface area contributed by atoms with Crippen LogP contribution in [0.3, 0.4) is 0 Å². The third-order valence-electron chi connectivity index (χ3n) is 1.89. The molecule has 0 amide bonds. The molecule has 0 atom stereocenters. The van der Waals surface area contributed by atoms with E-state index < -0.39 is 0 Å². The van der Waals surface area contributed by atoms with Crippen LogP contribution >= 0.6 is 0 Å². The van der Waals surface area contributed by atoms with Crippen molar-refractivity contribution in [1.29, 1.82) is 0 Å². The first-order chi connectivity index (χ1) is 6.20. The summed E-state index contributed by atoms with van der Waals surface area (Å²) in [7, 11) is 0. The topological polar surface area (TPSA) is 69.1 Å². The highest BCUT2D eigenvalue weighted by Crippen LogP contribution is 2.21. The Labute approximate surface area is 74.4 Å². The van der Waals surface area contributed by atoms with Crippen molar-refractivity contribution in [2.75, 3.05) is 5.73 Å². The molecule has 0 spiro atoms. The Balaban J connectivity index is 2.77. The maximum absolute atomic E-state index is 10.4. The smallest absolute Gasteiger partial charge is 0.260 e. The lowest BCUT2D eigenvalue weighted by Gasteiger charge is -1.96. The van der Waals surface area contributed by atoms with Gasteiger partial charge in [0.15, 0.2) is 5.58 Å². The lowest BCUT2D eigenvalue weighted by atomic mass is 10.2. The third-order valence-corrected chi connectivity index (χ3v) is 1.89. The first-order valence-corrected chi connectivity index (χ1v) is 3.82. The number of rotatable bonds is 1. The van der Waals surface area contributed by atoms with Crippen molar-refractivity contribution in [3.8, 4) is 0 Å². The summed E-state index contributed by atoms with van der Waals surface area (Å²) < 4.78 is 5.09. The Morgan fingerprint density at radius 3 is 3.00 bits per heavy atom. The number of hydrogen-bond donors (Lipinski definition) is 1. The van der Waals surface area contributed by atoms with Crippen LogP contribution in [-0.4, -0.2) is 11.3 Å². The monoisotopic (exact) mass is 176 g/mol. The molecule has 1 aromatic heterocycles. The van der Waals surface area contributed by atoms with Gasteiger partial charge in [-0.1, -0.05) is 0 Å². The summed E-state index contributed by atoms with van der Waals surface area (Å²) in [6, 6.07) is 3.46. The summed E-state index contributed by atoms with van der Waals surface area (Å²) in [6.07, 6.45) is 0.575. The standard InChI is InChI=1S/C9H8N2O2/c1-5-2-7-8(3-6(5)10)13-9(4-12)11-7/h2-4H,10H2,1H3. The zero-order valence-electron chi connectivity index (χ0n) is 7.07. The number of fused-ring (bicyclic) bond motifs is 1. The molecular weight excluding hydrogens is 168 g/mol. The van der Waals surface area contributed by atoms with E-state index in [0.29, 0.717) is 23.1 Å². The number of carbonyl (C=O) groups excluding carboxylic acids is 1. The number of oxazole rings is 1. The van der Waals surface area contributed by atoms with Gasteiger partial charge in [-0.2, -0.15) is 0 Å². The largest absolute Gasteiger partial charge is 0.434 e. The highest BCUT2D eigenvalue weighted by molar-refractivity contribution is 5.82. The van der Waals surface area contributed by atoms with Crippen LogP contribution in [0.5, 0.6) is 0 Å². The lowest BCUT2D eigenvalue weighted by Crippen LogP contribution is -1.87. The highest BCUT2D eigenvalue weighted by atomic mass is 16.4. The Morgan fingerprint density at radius 2 is 2.31 bits per heavy atom. The zero-order chi connectivity index (χ0) is 9.42. The second kappa shape index (κ2) is 2.58. The summed E-state index contributed by atoms with van der Waals surface area (Å²) >= 11 is 0. The Kier molecular flexibility index (Phi) is 1.55. The maximum Gasteiger partial charge on any atom is 0.260 e. The molecule has 2 aromatic rings. The van der Waals surface area contributed by atoms with E-state index in [-0.39, 0.29) is 5.89 Å². The van der Waals surface area contributed by atoms with E-state index in [0.717, 1.165) is 5.56 Å². The van der Waals surface area contributed by atoms with Gasteiger partial charge < -0.3 is 10.2 Å². The molecule has 2 N–H and O–H groups in total. The molecule has 0 aliphatic heterocycles. The van der Waals surface area contributed by atoms with Gasteiger partial charge in [-0.25, -0.2) is 4.98 Å². The molecule has 0 aliphatic carbocycles. The van der Waals surface area contributed by atoms with Crippen molar-refractivity contribution in [2.24, 2.45) is 0 Å². The molecule has 1 aromatic carbocycles. The summed E-state index contributed by atoms with van der Waals surface area (Å²) in [5.74, 6) is 0.0833. The summed E-state index contributed by atoms with van der Waals surface area (Å²) in [4.78, 5) is 14.3. The first-order valence-electron chi connectivity index (χ1n) is 3.82. The molecule has 0 aliphatic rings. The number of benzene rings is 1. The number of carbonyl (C=O) groups is 1. The zero-order valence-corrected chi connectivity index (χ0v) is 7.07. The van der Waals surface area contributed by atoms with Gasteiger partial charge in [-0.15, -0.1) is 0 Å². The summed E-state index contributed by atoms with van der Waals surface area (Å²) in [5.41, 5.74) is 8.44. The van der Waals surface area contributed by atoms with Gasteiger partial charge in [0.25, 0.3) is 5.89 Å². The van der Waals surface area contributed by atoms with Gasteiger partial charge in [-0.3, -0.25) is 4.79 Å². The van der Waals surface area contributed by atoms with Crippen molar-refractivity contribution in [3.05, 3.63) is 23.6 Å². The molecular formula is C9H8N2O2. The highest BCUT2D eigenvalue weighted by Gasteiger charge is 2.06. The van der Waals surface area contributed by atoms with Gasteiger partial charge >= 0.3 is 0 Å². The number of aldehydes is 1. The molecule has 4 heteroatoms. The predicted molar refractivity (Wildman–Crippen MR) is 48.5 cm³/mol. The van der Waals surface area contributed by atoms with Crippen LogP contribution in [0, 0.1) is 6.92 Å². The van der Waals surface area contributed by atoms with Crippen molar-refractivity contribution in [3.63, 3.8) is 0 Å². The molecule has 0 saturated heterocycles. The quantitative estimate of drug-likeness (QED) is 0.528. The van der Waals surface area contributed by atoms with E-state index >= 15 is 0 Å². The predicted octanol–water partition coefficient (Wildman–Crippen LogP) is 1.53. The lowest BCUT2D eigenvalue weighted by molar-refractivity contribution is 0.109. The number of nitrogen functional groups attached to an aromatic ring is 1. The van der Waals surface area contributed by atoms with E-state index in [1.165, 1.54) is 0 Å². The van der Waals surface area contributed by atoms with Crippen LogP contribution < -0.4 is 5.73 Å². The minimum atomic E-state index is 0.0833. The number of nitrogens with two attached hydrogens (primary N) is 1. The fourth-order valence-electron chi connectivity index (χ4n) is 1.16. The average Bonchev–Trinajstić information content (AvgIpc) is 2.48. The van der Waals surface area contributed by atoms with Gasteiger partial charge in [0.05, 0.1) is 0 Å².